The predicted molar refractivity (Wildman–Crippen MR) is 122 cm³/mol. The van der Waals surface area contributed by atoms with Gasteiger partial charge in [0.15, 0.2) is 16.0 Å². The monoisotopic (exact) mass is 449 g/mol. The number of thioether (sulfide) groups is 2. The van der Waals surface area contributed by atoms with Crippen molar-refractivity contribution in [2.45, 2.75) is 55.1 Å². The normalized spacial score (nSPS) is 18.2. The maximum atomic E-state index is 5.45. The van der Waals surface area contributed by atoms with Crippen LogP contribution in [0.15, 0.2) is 10.3 Å². The van der Waals surface area contributed by atoms with Crippen molar-refractivity contribution < 1.29 is 4.74 Å². The molecular formula is C20H27N5OS3. The number of morpholine rings is 1. The highest BCUT2D eigenvalue weighted by molar-refractivity contribution is 8.00. The van der Waals surface area contributed by atoms with Crippen LogP contribution in [-0.2, 0) is 17.6 Å². The summed E-state index contributed by atoms with van der Waals surface area (Å²) in [5.74, 6) is 1.01. The number of hydrogen-bond donors (Lipinski definition) is 0. The Balaban J connectivity index is 1.49. The van der Waals surface area contributed by atoms with E-state index in [2.05, 4.69) is 33.3 Å². The number of fused-ring (bicyclic) bond motifs is 5. The lowest BCUT2D eigenvalue weighted by atomic mass is 9.98. The first-order valence-corrected chi connectivity index (χ1v) is 13.2. The Morgan fingerprint density at radius 2 is 1.93 bits per heavy atom. The Kier molecular flexibility index (Phi) is 6.02. The number of aryl methyl sites for hydroxylation is 2. The van der Waals surface area contributed by atoms with Crippen LogP contribution >= 0.6 is 34.9 Å². The van der Waals surface area contributed by atoms with Crippen LogP contribution in [0.4, 0.5) is 0 Å². The molecule has 3 aromatic heterocycles. The van der Waals surface area contributed by atoms with E-state index in [1.807, 2.05) is 23.1 Å². The van der Waals surface area contributed by atoms with Crippen LogP contribution in [0.1, 0.15) is 37.1 Å². The van der Waals surface area contributed by atoms with Gasteiger partial charge in [-0.2, -0.15) is 0 Å². The van der Waals surface area contributed by atoms with Crippen molar-refractivity contribution in [2.24, 2.45) is 0 Å². The zero-order valence-corrected chi connectivity index (χ0v) is 19.5. The number of aromatic nitrogens is 4. The Labute approximate surface area is 183 Å². The summed E-state index contributed by atoms with van der Waals surface area (Å²) < 4.78 is 8.88. The van der Waals surface area contributed by atoms with Gasteiger partial charge in [0.25, 0.3) is 0 Å². The molecule has 0 N–H and O–H groups in total. The van der Waals surface area contributed by atoms with Gasteiger partial charge in [-0.3, -0.25) is 4.90 Å². The van der Waals surface area contributed by atoms with E-state index in [1.54, 1.807) is 11.8 Å². The summed E-state index contributed by atoms with van der Waals surface area (Å²) in [5, 5.41) is 11.7. The van der Waals surface area contributed by atoms with Crippen molar-refractivity contribution in [1.82, 2.24) is 24.5 Å². The lowest BCUT2D eigenvalue weighted by molar-refractivity contribution is 0.0410. The summed E-state index contributed by atoms with van der Waals surface area (Å²) in [5.41, 5.74) is 3.64. The van der Waals surface area contributed by atoms with Crippen LogP contribution in [0, 0.1) is 0 Å². The topological polar surface area (TPSA) is 55.5 Å². The lowest BCUT2D eigenvalue weighted by Crippen LogP contribution is -2.37. The minimum Gasteiger partial charge on any atom is -0.379 e. The molecule has 1 aliphatic heterocycles. The Bertz CT molecular complexity index is 1010. The average molecular weight is 450 g/mol. The van der Waals surface area contributed by atoms with Gasteiger partial charge in [-0.1, -0.05) is 37.4 Å². The molecule has 3 aromatic rings. The van der Waals surface area contributed by atoms with Crippen molar-refractivity contribution in [3.8, 4) is 0 Å². The molecular weight excluding hydrogens is 422 g/mol. The van der Waals surface area contributed by atoms with Gasteiger partial charge in [-0.25, -0.2) is 9.38 Å². The first kappa shape index (κ1) is 20.1. The standard InChI is InChI=1S/C20H27N5OS3/c1-13(2)28-19-21-16-14-5-3-4-6-15(14)29-17(16)18-22-23-20(25(18)19)27-12-9-24-7-10-26-11-8-24/h13H,3-12H2,1-2H3. The number of nitrogens with zero attached hydrogens (tertiary/aromatic N) is 5. The van der Waals surface area contributed by atoms with Crippen molar-refractivity contribution in [3.63, 3.8) is 0 Å². The summed E-state index contributed by atoms with van der Waals surface area (Å²) >= 11 is 5.50. The third-order valence-electron chi connectivity index (χ3n) is 5.46. The van der Waals surface area contributed by atoms with Crippen molar-refractivity contribution in [1.29, 1.82) is 0 Å². The number of ether oxygens (including phenoxy) is 1. The Morgan fingerprint density at radius 1 is 1.10 bits per heavy atom. The minimum absolute atomic E-state index is 0.464. The summed E-state index contributed by atoms with van der Waals surface area (Å²) in [6, 6.07) is 0. The molecule has 2 aliphatic rings. The summed E-state index contributed by atoms with van der Waals surface area (Å²) in [4.78, 5) is 9.14. The van der Waals surface area contributed by atoms with Crippen molar-refractivity contribution in [3.05, 3.63) is 10.4 Å². The van der Waals surface area contributed by atoms with Gasteiger partial charge in [-0.05, 0) is 31.2 Å². The van der Waals surface area contributed by atoms with Crippen LogP contribution in [0.2, 0.25) is 0 Å². The van der Waals surface area contributed by atoms with E-state index < -0.39 is 0 Å². The largest absolute Gasteiger partial charge is 0.379 e. The number of hydrogen-bond acceptors (Lipinski definition) is 8. The molecule has 0 amide bonds. The van der Waals surface area contributed by atoms with Crippen LogP contribution in [0.25, 0.3) is 15.9 Å². The number of rotatable bonds is 6. The maximum absolute atomic E-state index is 5.45. The van der Waals surface area contributed by atoms with E-state index >= 15 is 0 Å². The smallest absolute Gasteiger partial charge is 0.197 e. The quantitative estimate of drug-likeness (QED) is 0.414. The van der Waals surface area contributed by atoms with E-state index in [-0.39, 0.29) is 0 Å². The van der Waals surface area contributed by atoms with Crippen LogP contribution < -0.4 is 0 Å². The van der Waals surface area contributed by atoms with Crippen LogP contribution in [-0.4, -0.2) is 68.3 Å². The molecule has 0 radical (unpaired) electrons. The molecule has 0 bridgehead atoms. The molecule has 0 aromatic carbocycles. The minimum atomic E-state index is 0.464. The van der Waals surface area contributed by atoms with Crippen molar-refractivity contribution >= 4 is 50.7 Å². The molecule has 1 saturated heterocycles. The molecule has 0 saturated carbocycles. The van der Waals surface area contributed by atoms with Gasteiger partial charge in [0, 0.05) is 35.5 Å². The molecule has 1 fully saturated rings. The van der Waals surface area contributed by atoms with Gasteiger partial charge < -0.3 is 4.74 Å². The van der Waals surface area contributed by atoms with Crippen molar-refractivity contribution in [2.75, 3.05) is 38.6 Å². The number of thiophene rings is 1. The van der Waals surface area contributed by atoms with Gasteiger partial charge in [0.05, 0.1) is 23.4 Å². The van der Waals surface area contributed by atoms with E-state index in [9.17, 15) is 0 Å². The zero-order valence-electron chi connectivity index (χ0n) is 17.0. The van der Waals surface area contributed by atoms with E-state index in [4.69, 9.17) is 9.72 Å². The Hall–Kier alpha value is -0.870. The van der Waals surface area contributed by atoms with Crippen LogP contribution in [0.3, 0.4) is 0 Å². The fourth-order valence-electron chi connectivity index (χ4n) is 4.03. The second-order valence-corrected chi connectivity index (χ2v) is 11.6. The molecule has 4 heterocycles. The molecule has 9 heteroatoms. The summed E-state index contributed by atoms with van der Waals surface area (Å²) in [6.07, 6.45) is 4.90. The molecule has 0 atom stereocenters. The fourth-order valence-corrected chi connectivity index (χ4v) is 7.17. The second kappa shape index (κ2) is 8.70. The zero-order chi connectivity index (χ0) is 19.8. The molecule has 29 heavy (non-hydrogen) atoms. The van der Waals surface area contributed by atoms with Gasteiger partial charge in [0.2, 0.25) is 0 Å². The lowest BCUT2D eigenvalue weighted by Gasteiger charge is -2.26. The highest BCUT2D eigenvalue weighted by Crippen LogP contribution is 2.39. The molecule has 0 unspecified atom stereocenters. The molecule has 6 nitrogen and oxygen atoms in total. The second-order valence-electron chi connectivity index (χ2n) is 7.89. The first-order chi connectivity index (χ1) is 14.2. The highest BCUT2D eigenvalue weighted by Gasteiger charge is 2.24. The van der Waals surface area contributed by atoms with E-state index in [1.165, 1.54) is 39.9 Å². The third-order valence-corrected chi connectivity index (χ3v) is 8.60. The SMILES string of the molecule is CC(C)Sc1nc2c3c(sc2c2nnc(SCCN4CCOCC4)n12)CCCC3. The van der Waals surface area contributed by atoms with E-state index in [0.29, 0.717) is 5.25 Å². The third kappa shape index (κ3) is 4.04. The van der Waals surface area contributed by atoms with Gasteiger partial charge >= 0.3 is 0 Å². The molecule has 5 rings (SSSR count). The van der Waals surface area contributed by atoms with E-state index in [0.717, 1.165) is 61.0 Å². The summed E-state index contributed by atoms with van der Waals surface area (Å²) in [6.45, 7) is 9.25. The molecule has 1 aliphatic carbocycles. The average Bonchev–Trinajstić information content (AvgIpc) is 3.31. The Morgan fingerprint density at radius 3 is 2.76 bits per heavy atom. The molecule has 156 valence electrons. The molecule has 0 spiro atoms. The maximum Gasteiger partial charge on any atom is 0.197 e. The summed E-state index contributed by atoms with van der Waals surface area (Å²) in [7, 11) is 0. The predicted octanol–water partition coefficient (Wildman–Crippen LogP) is 4.14. The van der Waals surface area contributed by atoms with Gasteiger partial charge in [-0.15, -0.1) is 21.5 Å². The van der Waals surface area contributed by atoms with Gasteiger partial charge in [0.1, 0.15) is 0 Å². The highest BCUT2D eigenvalue weighted by atomic mass is 32.2. The first-order valence-electron chi connectivity index (χ1n) is 10.5. The fraction of sp³-hybridized carbons (Fsp3) is 0.650. The van der Waals surface area contributed by atoms with Crippen LogP contribution in [0.5, 0.6) is 0 Å².